The smallest absolute Gasteiger partial charge is 0.416 e. The summed E-state index contributed by atoms with van der Waals surface area (Å²) in [6, 6.07) is 13.4. The van der Waals surface area contributed by atoms with Gasteiger partial charge in [0.05, 0.1) is 62.1 Å². The van der Waals surface area contributed by atoms with Gasteiger partial charge in [-0.3, -0.25) is 14.9 Å². The van der Waals surface area contributed by atoms with Gasteiger partial charge in [0, 0.05) is 30.2 Å². The standard InChI is InChI=1S/C32H32F3N9O3S.CH2O2/c1-21-26(29-37-20-38-43(29)25-11-9-22(18-36)10-12-25)19-42-30(28(21)23-7-5-8-24(17-23)32(33,34)35)40-31(41-42)39-27(45)13-16-48(46,47)15-6-14-44(2,3)4;2-1-3/h5,7-12,17,19-20H,6,13-16H2,1-4H3;1H,(H,2,3)/p+1. The van der Waals surface area contributed by atoms with E-state index in [9.17, 15) is 31.6 Å². The normalized spacial score (nSPS) is 11.8. The number of nitrogens with zero attached hydrogens (tertiary/aromatic N) is 8. The summed E-state index contributed by atoms with van der Waals surface area (Å²) >= 11 is 0. The Morgan fingerprint density at radius 2 is 1.80 bits per heavy atom. The third-order valence-corrected chi connectivity index (χ3v) is 9.31. The highest BCUT2D eigenvalue weighted by atomic mass is 32.2. The van der Waals surface area contributed by atoms with Crippen LogP contribution >= 0.6 is 0 Å². The van der Waals surface area contributed by atoms with Gasteiger partial charge < -0.3 is 9.59 Å². The van der Waals surface area contributed by atoms with E-state index in [0.717, 1.165) is 12.1 Å². The van der Waals surface area contributed by atoms with Crippen LogP contribution < -0.4 is 5.32 Å². The second kappa shape index (κ2) is 15.5. The Morgan fingerprint density at radius 3 is 2.43 bits per heavy atom. The van der Waals surface area contributed by atoms with Crippen LogP contribution in [-0.2, 0) is 25.6 Å². The molecule has 2 aromatic carbocycles. The van der Waals surface area contributed by atoms with Gasteiger partial charge in [-0.15, -0.1) is 5.10 Å². The van der Waals surface area contributed by atoms with Gasteiger partial charge in [0.1, 0.15) is 6.33 Å². The van der Waals surface area contributed by atoms with Crippen LogP contribution in [0.1, 0.15) is 29.5 Å². The second-order valence-electron chi connectivity index (χ2n) is 12.4. The number of carbonyl (C=O) groups excluding carboxylic acids is 1. The molecule has 5 aromatic rings. The molecule has 0 radical (unpaired) electrons. The SMILES string of the molecule is Cc1c(-c2ncnn2-c2ccc(C#N)cc2)cn2nc(NC(=O)CCS(=O)(=O)CCC[N+](C)(C)C)nc2c1-c1cccc(C(F)(F)F)c1.O=CO. The fourth-order valence-electron chi connectivity index (χ4n) is 5.17. The molecule has 0 aliphatic heterocycles. The summed E-state index contributed by atoms with van der Waals surface area (Å²) < 4.78 is 69.8. The van der Waals surface area contributed by atoms with E-state index >= 15 is 0 Å². The molecule has 0 aliphatic carbocycles. The third kappa shape index (κ3) is 9.73. The fourth-order valence-corrected chi connectivity index (χ4v) is 6.44. The van der Waals surface area contributed by atoms with Gasteiger partial charge >= 0.3 is 6.18 Å². The van der Waals surface area contributed by atoms with Crippen LogP contribution in [0.25, 0.3) is 33.8 Å². The van der Waals surface area contributed by atoms with E-state index in [0.29, 0.717) is 51.2 Å². The van der Waals surface area contributed by atoms with Crippen molar-refractivity contribution < 1.29 is 40.8 Å². The van der Waals surface area contributed by atoms with Crippen molar-refractivity contribution in [1.82, 2.24) is 29.4 Å². The Balaban J connectivity index is 0.00000188. The Hall–Kier alpha value is -5.67. The van der Waals surface area contributed by atoms with Gasteiger partial charge in [-0.1, -0.05) is 12.1 Å². The van der Waals surface area contributed by atoms with Gasteiger partial charge in [-0.2, -0.15) is 28.5 Å². The minimum Gasteiger partial charge on any atom is -0.483 e. The zero-order chi connectivity index (χ0) is 37.6. The van der Waals surface area contributed by atoms with E-state index in [1.807, 2.05) is 21.1 Å². The van der Waals surface area contributed by atoms with Gasteiger partial charge in [-0.25, -0.2) is 22.6 Å². The van der Waals surface area contributed by atoms with Gasteiger partial charge in [0.15, 0.2) is 21.3 Å². The first-order valence-corrected chi connectivity index (χ1v) is 17.2. The second-order valence-corrected chi connectivity index (χ2v) is 14.7. The number of fused-ring (bicyclic) bond motifs is 1. The summed E-state index contributed by atoms with van der Waals surface area (Å²) in [4.78, 5) is 30.0. The van der Waals surface area contributed by atoms with Crippen molar-refractivity contribution in [3.8, 4) is 34.3 Å². The average Bonchev–Trinajstić information content (AvgIpc) is 3.70. The summed E-state index contributed by atoms with van der Waals surface area (Å²) in [6.07, 6.45) is -1.56. The number of hydrogen-bond acceptors (Lipinski definition) is 9. The third-order valence-electron chi connectivity index (χ3n) is 7.57. The first kappa shape index (κ1) is 38.1. The number of sulfone groups is 1. The van der Waals surface area contributed by atoms with E-state index in [-0.39, 0.29) is 41.6 Å². The summed E-state index contributed by atoms with van der Waals surface area (Å²) in [5.41, 5.74) is 1.79. The minimum atomic E-state index is -4.60. The molecule has 0 atom stereocenters. The lowest BCUT2D eigenvalue weighted by atomic mass is 9.96. The van der Waals surface area contributed by atoms with Crippen molar-refractivity contribution in [2.24, 2.45) is 0 Å². The molecule has 51 heavy (non-hydrogen) atoms. The van der Waals surface area contributed by atoms with Crippen LogP contribution in [0.15, 0.2) is 61.1 Å². The van der Waals surface area contributed by atoms with Gasteiger partial charge in [0.2, 0.25) is 11.9 Å². The van der Waals surface area contributed by atoms with Crippen LogP contribution in [0.5, 0.6) is 0 Å². The molecule has 0 bridgehead atoms. The number of pyridine rings is 1. The van der Waals surface area contributed by atoms with E-state index in [2.05, 4.69) is 31.6 Å². The van der Waals surface area contributed by atoms with Gasteiger partial charge in [0.25, 0.3) is 6.47 Å². The van der Waals surface area contributed by atoms with Crippen LogP contribution in [0, 0.1) is 18.3 Å². The highest BCUT2D eigenvalue weighted by Crippen LogP contribution is 2.38. The highest BCUT2D eigenvalue weighted by molar-refractivity contribution is 7.91. The van der Waals surface area contributed by atoms with Crippen molar-refractivity contribution in [3.05, 3.63) is 77.7 Å². The van der Waals surface area contributed by atoms with Gasteiger partial charge in [-0.05, 0) is 54.4 Å². The lowest BCUT2D eigenvalue weighted by molar-refractivity contribution is -0.870. The Bertz CT molecular complexity index is 2180. The van der Waals surface area contributed by atoms with Crippen LogP contribution in [0.4, 0.5) is 19.1 Å². The maximum absolute atomic E-state index is 13.8. The topological polar surface area (TPSA) is 185 Å². The Kier molecular flexibility index (Phi) is 11.6. The monoisotopic (exact) mass is 726 g/mol. The largest absolute Gasteiger partial charge is 0.483 e. The molecule has 0 unspecified atom stereocenters. The molecule has 3 aromatic heterocycles. The number of carbonyl (C=O) groups is 2. The summed E-state index contributed by atoms with van der Waals surface area (Å²) in [6.45, 7) is 2.12. The fraction of sp³-hybridized carbons (Fsp3) is 0.303. The molecule has 0 fully saturated rings. The molecule has 2 N–H and O–H groups in total. The highest BCUT2D eigenvalue weighted by Gasteiger charge is 2.31. The summed E-state index contributed by atoms with van der Waals surface area (Å²) in [7, 11) is 2.41. The van der Waals surface area contributed by atoms with Crippen LogP contribution in [0.2, 0.25) is 0 Å². The zero-order valence-corrected chi connectivity index (χ0v) is 28.9. The van der Waals surface area contributed by atoms with Crippen molar-refractivity contribution in [2.75, 3.05) is 44.5 Å². The number of benzene rings is 2. The van der Waals surface area contributed by atoms with Crippen LogP contribution in [0.3, 0.4) is 0 Å². The number of amides is 1. The zero-order valence-electron chi connectivity index (χ0n) is 28.1. The lowest BCUT2D eigenvalue weighted by Gasteiger charge is -2.23. The van der Waals surface area contributed by atoms with Crippen molar-refractivity contribution in [1.29, 1.82) is 5.26 Å². The number of aromatic nitrogens is 6. The van der Waals surface area contributed by atoms with Crippen molar-refractivity contribution in [2.45, 2.75) is 25.9 Å². The molecule has 0 aliphatic rings. The minimum absolute atomic E-state index is 0.0437. The molecule has 0 spiro atoms. The number of hydrogen-bond donors (Lipinski definition) is 2. The van der Waals surface area contributed by atoms with E-state index in [1.165, 1.54) is 27.7 Å². The van der Waals surface area contributed by atoms with Crippen molar-refractivity contribution in [3.63, 3.8) is 0 Å². The molecular formula is C33H35F3N9O5S+. The molecule has 5 rings (SSSR count). The lowest BCUT2D eigenvalue weighted by Crippen LogP contribution is -2.36. The Morgan fingerprint density at radius 1 is 1.12 bits per heavy atom. The summed E-state index contributed by atoms with van der Waals surface area (Å²) in [5.74, 6) is -0.839. The van der Waals surface area contributed by atoms with E-state index < -0.39 is 27.5 Å². The molecule has 1 amide bonds. The maximum atomic E-state index is 13.8. The Labute approximate surface area is 291 Å². The summed E-state index contributed by atoms with van der Waals surface area (Å²) in [5, 5.41) is 27.3. The molecule has 268 valence electrons. The molecular weight excluding hydrogens is 691 g/mol. The first-order chi connectivity index (χ1) is 24.0. The number of nitriles is 1. The van der Waals surface area contributed by atoms with E-state index in [4.69, 9.17) is 9.90 Å². The first-order valence-electron chi connectivity index (χ1n) is 15.3. The number of quaternary nitrogens is 1. The average molecular weight is 727 g/mol. The maximum Gasteiger partial charge on any atom is 0.416 e. The quantitative estimate of drug-likeness (QED) is 0.146. The van der Waals surface area contributed by atoms with E-state index in [1.54, 1.807) is 37.4 Å². The number of nitrogens with one attached hydrogen (secondary N) is 1. The van der Waals surface area contributed by atoms with Crippen LogP contribution in [-0.4, -0.2) is 98.9 Å². The molecule has 18 heteroatoms. The molecule has 0 saturated heterocycles. The predicted octanol–water partition coefficient (Wildman–Crippen LogP) is 4.38. The number of carboxylic acid groups (broad SMARTS) is 1. The number of anilines is 1. The predicted molar refractivity (Wildman–Crippen MR) is 181 cm³/mol. The molecule has 14 nitrogen and oxygen atoms in total. The van der Waals surface area contributed by atoms with Crippen molar-refractivity contribution >= 4 is 33.8 Å². The number of halogens is 3. The number of rotatable bonds is 11. The molecule has 3 heterocycles. The number of alkyl halides is 3. The molecule has 0 saturated carbocycles.